The highest BCUT2D eigenvalue weighted by atomic mass is 16.5. The lowest BCUT2D eigenvalue weighted by Crippen LogP contribution is -2.42. The average Bonchev–Trinajstić information content (AvgIpc) is 2.46. The fourth-order valence-corrected chi connectivity index (χ4v) is 2.72. The molecule has 1 fully saturated rings. The molecule has 112 valence electrons. The van der Waals surface area contributed by atoms with Crippen LogP contribution in [0.2, 0.25) is 0 Å². The smallest absolute Gasteiger partial charge is 0.122 e. The highest BCUT2D eigenvalue weighted by molar-refractivity contribution is 5.31. The summed E-state index contributed by atoms with van der Waals surface area (Å²) in [5.74, 6) is 1.19. The summed E-state index contributed by atoms with van der Waals surface area (Å²) in [6.45, 7) is 5.04. The number of benzene rings is 1. The van der Waals surface area contributed by atoms with E-state index in [4.69, 9.17) is 4.74 Å². The van der Waals surface area contributed by atoms with E-state index in [0.717, 1.165) is 37.2 Å². The van der Waals surface area contributed by atoms with E-state index >= 15 is 0 Å². The van der Waals surface area contributed by atoms with Crippen LogP contribution in [0.1, 0.15) is 18.4 Å². The molecule has 1 aromatic rings. The van der Waals surface area contributed by atoms with Gasteiger partial charge in [-0.1, -0.05) is 18.2 Å². The molecule has 4 nitrogen and oxygen atoms in total. The van der Waals surface area contributed by atoms with Crippen molar-refractivity contribution < 1.29 is 14.9 Å². The molecule has 1 heterocycles. The van der Waals surface area contributed by atoms with Crippen LogP contribution in [0.15, 0.2) is 24.3 Å². The molecule has 20 heavy (non-hydrogen) atoms. The molecule has 0 aliphatic carbocycles. The van der Waals surface area contributed by atoms with Gasteiger partial charge < -0.3 is 19.8 Å². The molecule has 2 N–H and O–H groups in total. The molecule has 1 saturated heterocycles. The van der Waals surface area contributed by atoms with Crippen LogP contribution in [0.5, 0.6) is 5.75 Å². The number of rotatable bonds is 6. The molecule has 2 atom stereocenters. The molecule has 1 aromatic carbocycles. The lowest BCUT2D eigenvalue weighted by Gasteiger charge is -2.33. The normalized spacial score (nSPS) is 21.6. The van der Waals surface area contributed by atoms with Gasteiger partial charge in [0.25, 0.3) is 0 Å². The summed E-state index contributed by atoms with van der Waals surface area (Å²) in [5.41, 5.74) is 1.08. The second-order valence-corrected chi connectivity index (χ2v) is 5.68. The van der Waals surface area contributed by atoms with Crippen molar-refractivity contribution in [2.45, 2.75) is 25.9 Å². The van der Waals surface area contributed by atoms with Gasteiger partial charge in [0.2, 0.25) is 0 Å². The van der Waals surface area contributed by atoms with Crippen LogP contribution in [0.3, 0.4) is 0 Å². The van der Waals surface area contributed by atoms with Gasteiger partial charge in [-0.3, -0.25) is 0 Å². The van der Waals surface area contributed by atoms with Crippen molar-refractivity contribution >= 4 is 0 Å². The second-order valence-electron chi connectivity index (χ2n) is 5.68. The number of likely N-dealkylation sites (tertiary alicyclic amines) is 1. The summed E-state index contributed by atoms with van der Waals surface area (Å²) in [5, 5.41) is 19.3. The van der Waals surface area contributed by atoms with E-state index < -0.39 is 6.10 Å². The maximum absolute atomic E-state index is 10.1. The Morgan fingerprint density at radius 1 is 1.40 bits per heavy atom. The SMILES string of the molecule is Cc1ccccc1OCC(O)CN1CCCC(CO)C1. The first kappa shape index (κ1) is 15.3. The average molecular weight is 279 g/mol. The van der Waals surface area contributed by atoms with E-state index in [1.165, 1.54) is 0 Å². The highest BCUT2D eigenvalue weighted by Gasteiger charge is 2.21. The first-order valence-corrected chi connectivity index (χ1v) is 7.38. The maximum atomic E-state index is 10.1. The fraction of sp³-hybridized carbons (Fsp3) is 0.625. The highest BCUT2D eigenvalue weighted by Crippen LogP contribution is 2.18. The predicted molar refractivity (Wildman–Crippen MR) is 78.9 cm³/mol. The fourth-order valence-electron chi connectivity index (χ4n) is 2.72. The van der Waals surface area contributed by atoms with Crippen LogP contribution in [0.25, 0.3) is 0 Å². The van der Waals surface area contributed by atoms with Crippen molar-refractivity contribution in [1.82, 2.24) is 4.90 Å². The molecule has 2 unspecified atom stereocenters. The molecule has 0 radical (unpaired) electrons. The summed E-state index contributed by atoms with van der Waals surface area (Å²) < 4.78 is 5.67. The zero-order valence-corrected chi connectivity index (χ0v) is 12.2. The minimum atomic E-state index is -0.493. The van der Waals surface area contributed by atoms with Crippen LogP contribution in [0, 0.1) is 12.8 Å². The van der Waals surface area contributed by atoms with Crippen molar-refractivity contribution in [1.29, 1.82) is 0 Å². The van der Waals surface area contributed by atoms with Gasteiger partial charge in [-0.25, -0.2) is 0 Å². The van der Waals surface area contributed by atoms with Crippen molar-refractivity contribution in [3.05, 3.63) is 29.8 Å². The van der Waals surface area contributed by atoms with Gasteiger partial charge in [0.05, 0.1) is 0 Å². The van der Waals surface area contributed by atoms with E-state index in [2.05, 4.69) is 4.90 Å². The topological polar surface area (TPSA) is 52.9 Å². The molecule has 0 spiro atoms. The molecular formula is C16H25NO3. The number of aryl methyl sites for hydroxylation is 1. The Bertz CT molecular complexity index is 410. The number of piperidine rings is 1. The third-order valence-corrected chi connectivity index (χ3v) is 3.86. The van der Waals surface area contributed by atoms with Crippen LogP contribution in [0.4, 0.5) is 0 Å². The molecule has 0 saturated carbocycles. The molecule has 1 aliphatic rings. The number of hydrogen-bond donors (Lipinski definition) is 2. The van der Waals surface area contributed by atoms with Crippen molar-refractivity contribution in [3.8, 4) is 5.75 Å². The molecule has 1 aliphatic heterocycles. The Kier molecular flexibility index (Phi) is 5.83. The van der Waals surface area contributed by atoms with E-state index in [1.54, 1.807) is 0 Å². The molecule has 2 rings (SSSR count). The number of hydrogen-bond acceptors (Lipinski definition) is 4. The summed E-state index contributed by atoms with van der Waals surface area (Å²) in [4.78, 5) is 2.22. The Balaban J connectivity index is 1.75. The van der Waals surface area contributed by atoms with Crippen molar-refractivity contribution in [3.63, 3.8) is 0 Å². The van der Waals surface area contributed by atoms with Crippen molar-refractivity contribution in [2.24, 2.45) is 5.92 Å². The van der Waals surface area contributed by atoms with Crippen LogP contribution < -0.4 is 4.74 Å². The predicted octanol–water partition coefficient (Wildman–Crippen LogP) is 1.44. The van der Waals surface area contributed by atoms with E-state index in [9.17, 15) is 10.2 Å². The Hall–Kier alpha value is -1.10. The maximum Gasteiger partial charge on any atom is 0.122 e. The van der Waals surface area contributed by atoms with Crippen LogP contribution in [-0.4, -0.2) is 54.1 Å². The number of aliphatic hydroxyl groups is 2. The number of ether oxygens (including phenoxy) is 1. The van der Waals surface area contributed by atoms with Gasteiger partial charge in [0.1, 0.15) is 18.5 Å². The van der Waals surface area contributed by atoms with Gasteiger partial charge in [-0.15, -0.1) is 0 Å². The standard InChI is InChI=1S/C16H25NO3/c1-13-5-2-3-7-16(13)20-12-15(19)10-17-8-4-6-14(9-17)11-18/h2-3,5,7,14-15,18-19H,4,6,8-12H2,1H3. The monoisotopic (exact) mass is 279 g/mol. The summed E-state index contributed by atoms with van der Waals surface area (Å²) in [6, 6.07) is 7.83. The van der Waals surface area contributed by atoms with Gasteiger partial charge >= 0.3 is 0 Å². The molecule has 0 aromatic heterocycles. The lowest BCUT2D eigenvalue weighted by atomic mass is 9.99. The van der Waals surface area contributed by atoms with Gasteiger partial charge in [-0.2, -0.15) is 0 Å². The third kappa shape index (κ3) is 4.47. The van der Waals surface area contributed by atoms with Gasteiger partial charge in [0.15, 0.2) is 0 Å². The summed E-state index contributed by atoms with van der Waals surface area (Å²) in [6.07, 6.45) is 1.69. The number of β-amino-alcohol motifs (C(OH)–C–C–N with tert-alkyl or cyclic N) is 1. The van der Waals surface area contributed by atoms with Crippen molar-refractivity contribution in [2.75, 3.05) is 32.8 Å². The van der Waals surface area contributed by atoms with E-state index in [-0.39, 0.29) is 6.61 Å². The van der Waals surface area contributed by atoms with Gasteiger partial charge in [0, 0.05) is 19.7 Å². The second kappa shape index (κ2) is 7.62. The zero-order valence-electron chi connectivity index (χ0n) is 12.2. The molecule has 4 heteroatoms. The first-order chi connectivity index (χ1) is 9.69. The zero-order chi connectivity index (χ0) is 14.4. The van der Waals surface area contributed by atoms with Gasteiger partial charge in [-0.05, 0) is 43.9 Å². The Labute approximate surface area is 121 Å². The molecular weight excluding hydrogens is 254 g/mol. The van der Waals surface area contributed by atoms with Crippen LogP contribution >= 0.6 is 0 Å². The minimum absolute atomic E-state index is 0.242. The number of para-hydroxylation sites is 1. The Morgan fingerprint density at radius 2 is 2.20 bits per heavy atom. The number of nitrogens with zero attached hydrogens (tertiary/aromatic N) is 1. The third-order valence-electron chi connectivity index (χ3n) is 3.86. The quantitative estimate of drug-likeness (QED) is 0.827. The van der Waals surface area contributed by atoms with E-state index in [0.29, 0.717) is 19.1 Å². The Morgan fingerprint density at radius 3 is 2.95 bits per heavy atom. The first-order valence-electron chi connectivity index (χ1n) is 7.38. The van der Waals surface area contributed by atoms with E-state index in [1.807, 2.05) is 31.2 Å². The minimum Gasteiger partial charge on any atom is -0.491 e. The largest absolute Gasteiger partial charge is 0.491 e. The molecule has 0 amide bonds. The summed E-state index contributed by atoms with van der Waals surface area (Å²) >= 11 is 0. The molecule has 0 bridgehead atoms. The number of aliphatic hydroxyl groups excluding tert-OH is 2. The summed E-state index contributed by atoms with van der Waals surface area (Å²) in [7, 11) is 0. The lowest BCUT2D eigenvalue weighted by molar-refractivity contribution is 0.0430. The van der Waals surface area contributed by atoms with Crippen LogP contribution in [-0.2, 0) is 0 Å².